The van der Waals surface area contributed by atoms with Crippen LogP contribution in [0.25, 0.3) is 88.9 Å². The maximum absolute atomic E-state index is 15.3. The van der Waals surface area contributed by atoms with Gasteiger partial charge in [-0.3, -0.25) is 0 Å². The highest BCUT2D eigenvalue weighted by atomic mass is 19.4. The lowest BCUT2D eigenvalue weighted by Gasteiger charge is -2.24. The molecule has 4 heterocycles. The van der Waals surface area contributed by atoms with Crippen LogP contribution in [0.5, 0.6) is 0 Å². The van der Waals surface area contributed by atoms with E-state index in [9.17, 15) is 18.4 Å². The van der Waals surface area contributed by atoms with E-state index in [1.807, 2.05) is 36.4 Å². The first-order valence-corrected chi connectivity index (χ1v) is 18.5. The van der Waals surface area contributed by atoms with Crippen molar-refractivity contribution >= 4 is 43.6 Å². The lowest BCUT2D eigenvalue weighted by molar-refractivity contribution is -0.141. The Bertz CT molecular complexity index is 3180. The van der Waals surface area contributed by atoms with Crippen molar-refractivity contribution in [2.75, 3.05) is 0 Å². The molecule has 0 aliphatic heterocycles. The zero-order valence-electron chi connectivity index (χ0n) is 30.8. The molecule has 10 aromatic rings. The van der Waals surface area contributed by atoms with Gasteiger partial charge in [-0.1, -0.05) is 36.4 Å². The van der Waals surface area contributed by atoms with Gasteiger partial charge in [-0.2, -0.15) is 31.6 Å². The van der Waals surface area contributed by atoms with Crippen molar-refractivity contribution in [3.8, 4) is 51.3 Å². The molecule has 10 rings (SSSR count). The summed E-state index contributed by atoms with van der Waals surface area (Å²) in [6, 6.07) is 35.1. The van der Waals surface area contributed by atoms with Gasteiger partial charge in [0.05, 0.1) is 56.2 Å². The van der Waals surface area contributed by atoms with Crippen LogP contribution < -0.4 is 0 Å². The number of halogens is 6. The van der Waals surface area contributed by atoms with Crippen molar-refractivity contribution in [3.05, 3.63) is 169 Å². The molecule has 0 saturated carbocycles. The number of hydrogen-bond acceptors (Lipinski definition) is 5. The lowest BCUT2D eigenvalue weighted by atomic mass is 9.92. The van der Waals surface area contributed by atoms with E-state index in [0.717, 1.165) is 0 Å². The smallest absolute Gasteiger partial charge is 0.308 e. The molecular weight excluding hydrogens is 777 g/mol. The van der Waals surface area contributed by atoms with E-state index in [1.165, 1.54) is 12.1 Å². The highest BCUT2D eigenvalue weighted by molar-refractivity contribution is 6.13. The molecule has 0 N–H and O–H groups in total. The van der Waals surface area contributed by atoms with Gasteiger partial charge >= 0.3 is 12.4 Å². The summed E-state index contributed by atoms with van der Waals surface area (Å²) in [5.74, 6) is 0.885. The molecule has 13 heteroatoms. The first-order valence-electron chi connectivity index (χ1n) is 18.5. The van der Waals surface area contributed by atoms with E-state index in [4.69, 9.17) is 0 Å². The lowest BCUT2D eigenvalue weighted by Crippen LogP contribution is -2.13. The van der Waals surface area contributed by atoms with Crippen molar-refractivity contribution in [2.24, 2.45) is 0 Å². The van der Waals surface area contributed by atoms with Crippen LogP contribution in [-0.4, -0.2) is 29.1 Å². The van der Waals surface area contributed by atoms with E-state index >= 15 is 13.2 Å². The third kappa shape index (κ3) is 5.91. The van der Waals surface area contributed by atoms with Crippen LogP contribution >= 0.6 is 0 Å². The molecule has 60 heavy (non-hydrogen) atoms. The average Bonchev–Trinajstić information content (AvgIpc) is 3.78. The van der Waals surface area contributed by atoms with Crippen LogP contribution in [0, 0.1) is 11.3 Å². The average molecular weight is 802 g/mol. The van der Waals surface area contributed by atoms with Crippen molar-refractivity contribution in [1.29, 1.82) is 5.26 Å². The Hall–Kier alpha value is -7.85. The highest BCUT2D eigenvalue weighted by Gasteiger charge is 2.39. The minimum Gasteiger partial charge on any atom is -0.308 e. The van der Waals surface area contributed by atoms with E-state index in [2.05, 4.69) is 26.0 Å². The van der Waals surface area contributed by atoms with Gasteiger partial charge in [0.1, 0.15) is 0 Å². The number of hydrogen-bond donors (Lipinski definition) is 0. The minimum atomic E-state index is -5.08. The molecule has 0 aliphatic carbocycles. The zero-order chi connectivity index (χ0) is 41.3. The molecule has 0 fully saturated rings. The van der Waals surface area contributed by atoms with Crippen LogP contribution in [0.1, 0.15) is 16.7 Å². The molecule has 0 amide bonds. The fourth-order valence-electron chi connectivity index (χ4n) is 8.12. The van der Waals surface area contributed by atoms with Crippen LogP contribution in [-0.2, 0) is 12.4 Å². The van der Waals surface area contributed by atoms with E-state index in [-0.39, 0.29) is 22.5 Å². The van der Waals surface area contributed by atoms with Crippen molar-refractivity contribution in [1.82, 2.24) is 29.1 Å². The van der Waals surface area contributed by atoms with Crippen molar-refractivity contribution < 1.29 is 26.3 Å². The molecule has 4 aromatic heterocycles. The molecule has 6 aromatic carbocycles. The number of fused-ring (bicyclic) bond motifs is 6. The number of nitrogens with zero attached hydrogens (tertiary/aromatic N) is 7. The van der Waals surface area contributed by atoms with Gasteiger partial charge in [-0.05, 0) is 96.6 Å². The predicted octanol–water partition coefficient (Wildman–Crippen LogP) is 12.4. The molecule has 0 saturated heterocycles. The summed E-state index contributed by atoms with van der Waals surface area (Å²) in [4.78, 5) is 17.6. The van der Waals surface area contributed by atoms with Gasteiger partial charge in [0, 0.05) is 63.0 Å². The largest absolute Gasteiger partial charge is 0.417 e. The quantitative estimate of drug-likeness (QED) is 0.162. The summed E-state index contributed by atoms with van der Waals surface area (Å²) in [7, 11) is 0. The molecule has 7 nitrogen and oxygen atoms in total. The fraction of sp³-hybridized carbons (Fsp3) is 0.0426. The molecule has 290 valence electrons. The maximum atomic E-state index is 15.3. The Balaban J connectivity index is 1.39. The van der Waals surface area contributed by atoms with Crippen molar-refractivity contribution in [3.63, 3.8) is 0 Å². The topological polar surface area (TPSA) is 85.2 Å². The van der Waals surface area contributed by atoms with Crippen molar-refractivity contribution in [2.45, 2.75) is 12.4 Å². The molecule has 0 aliphatic rings. The van der Waals surface area contributed by atoms with Crippen LogP contribution in [0.15, 0.2) is 152 Å². The Morgan fingerprint density at radius 2 is 0.933 bits per heavy atom. The summed E-state index contributed by atoms with van der Waals surface area (Å²) >= 11 is 0. The van der Waals surface area contributed by atoms with Crippen LogP contribution in [0.4, 0.5) is 26.3 Å². The summed E-state index contributed by atoms with van der Waals surface area (Å²) in [5.41, 5.74) is 0.191. The summed E-state index contributed by atoms with van der Waals surface area (Å²) in [6.45, 7) is 0. The Morgan fingerprint density at radius 3 is 1.38 bits per heavy atom. The standard InChI is InChI=1S/C47H25F6N7/c48-46(49,50)30-13-14-36(47(51,52)53)35(25-30)43-41(59-37-9-3-1-7-31(37)33-23-28(11-15-39(33)59)44-55-17-5-18-56-44)21-27(26-54)22-42(43)60-38-10-4-2-8-32(38)34-24-29(12-16-40(34)60)45-57-19-6-20-58-45/h1-25H. The predicted molar refractivity (Wildman–Crippen MR) is 217 cm³/mol. The van der Waals surface area contributed by atoms with Gasteiger partial charge in [-0.15, -0.1) is 0 Å². The third-order valence-corrected chi connectivity index (χ3v) is 10.6. The van der Waals surface area contributed by atoms with Gasteiger partial charge in [0.2, 0.25) is 0 Å². The second kappa shape index (κ2) is 13.6. The van der Waals surface area contributed by atoms with Gasteiger partial charge < -0.3 is 9.13 Å². The van der Waals surface area contributed by atoms with E-state index < -0.39 is 29.0 Å². The molecular formula is C47H25F6N7. The molecule has 0 bridgehead atoms. The summed E-state index contributed by atoms with van der Waals surface area (Å²) < 4.78 is 93.2. The Kier molecular flexibility index (Phi) is 8.29. The fourth-order valence-corrected chi connectivity index (χ4v) is 8.12. The number of aromatic nitrogens is 6. The highest BCUT2D eigenvalue weighted by Crippen LogP contribution is 2.48. The number of nitriles is 1. The molecule has 0 spiro atoms. The Labute approximate surface area is 336 Å². The number of alkyl halides is 6. The monoisotopic (exact) mass is 801 g/mol. The van der Waals surface area contributed by atoms with Crippen LogP contribution in [0.2, 0.25) is 0 Å². The summed E-state index contributed by atoms with van der Waals surface area (Å²) in [6.07, 6.45) is -3.65. The number of para-hydroxylation sites is 2. The molecule has 0 unspecified atom stereocenters. The number of rotatable bonds is 5. The zero-order valence-corrected chi connectivity index (χ0v) is 30.8. The molecule has 0 radical (unpaired) electrons. The first-order chi connectivity index (χ1) is 29.0. The van der Waals surface area contributed by atoms with Gasteiger partial charge in [0.25, 0.3) is 0 Å². The third-order valence-electron chi connectivity index (χ3n) is 10.6. The SMILES string of the molecule is N#Cc1cc(-n2c3ccccc3c3cc(-c4ncccn4)ccc32)c(-c2cc(C(F)(F)F)ccc2C(F)(F)F)c(-n2c3ccccc3c3cc(-c4ncccn4)ccc32)c1. The maximum Gasteiger partial charge on any atom is 0.417 e. The molecule has 0 atom stereocenters. The van der Waals surface area contributed by atoms with E-state index in [1.54, 1.807) is 94.6 Å². The van der Waals surface area contributed by atoms with Crippen LogP contribution in [0.3, 0.4) is 0 Å². The second-order valence-electron chi connectivity index (χ2n) is 14.1. The Morgan fingerprint density at radius 1 is 0.467 bits per heavy atom. The van der Waals surface area contributed by atoms with E-state index in [0.29, 0.717) is 84.6 Å². The minimum absolute atomic E-state index is 0.0593. The van der Waals surface area contributed by atoms with Gasteiger partial charge in [0.15, 0.2) is 11.6 Å². The first kappa shape index (κ1) is 36.5. The second-order valence-corrected chi connectivity index (χ2v) is 14.1. The number of benzene rings is 6. The summed E-state index contributed by atoms with van der Waals surface area (Å²) in [5, 5.41) is 13.4. The normalized spacial score (nSPS) is 12.2. The van der Waals surface area contributed by atoms with Gasteiger partial charge in [-0.25, -0.2) is 19.9 Å².